The number of benzene rings is 2. The molecule has 140 valence electrons. The first-order valence-electron chi connectivity index (χ1n) is 8.99. The van der Waals surface area contributed by atoms with Crippen LogP contribution in [0.1, 0.15) is 28.5 Å². The number of pyridine rings is 1. The molecule has 0 aliphatic heterocycles. The minimum atomic E-state index is -0.424. The monoisotopic (exact) mass is 375 g/mol. The number of aromatic nitrogens is 2. The standard InChI is InChI=1S/C22H18FN3O2/c1-3-14-8-10-15(11-9-14)24-21(27)17-12-19(16-6-4-5-7-18(16)23)25-22-20(17)13(2)26-28-22/h4-12H,3H2,1-2H3,(H,24,27). The lowest BCUT2D eigenvalue weighted by atomic mass is 10.0. The number of rotatable bonds is 4. The van der Waals surface area contributed by atoms with Crippen LogP contribution < -0.4 is 5.32 Å². The number of aryl methyl sites for hydroxylation is 2. The third kappa shape index (κ3) is 3.24. The van der Waals surface area contributed by atoms with E-state index >= 15 is 0 Å². The Morgan fingerprint density at radius 2 is 1.89 bits per heavy atom. The second-order valence-corrected chi connectivity index (χ2v) is 6.49. The summed E-state index contributed by atoms with van der Waals surface area (Å²) in [5, 5.41) is 7.31. The Morgan fingerprint density at radius 3 is 2.61 bits per heavy atom. The van der Waals surface area contributed by atoms with Gasteiger partial charge in [0, 0.05) is 11.3 Å². The number of nitrogens with zero attached hydrogens (tertiary/aromatic N) is 2. The highest BCUT2D eigenvalue weighted by molar-refractivity contribution is 6.13. The number of anilines is 1. The smallest absolute Gasteiger partial charge is 0.259 e. The number of halogens is 1. The zero-order chi connectivity index (χ0) is 19.7. The van der Waals surface area contributed by atoms with Crippen LogP contribution in [0.15, 0.2) is 59.1 Å². The van der Waals surface area contributed by atoms with E-state index in [2.05, 4.69) is 22.4 Å². The molecule has 0 radical (unpaired) electrons. The van der Waals surface area contributed by atoms with Gasteiger partial charge in [0.2, 0.25) is 0 Å². The molecule has 0 fully saturated rings. The van der Waals surface area contributed by atoms with Gasteiger partial charge in [0.25, 0.3) is 11.6 Å². The first kappa shape index (κ1) is 17.9. The fourth-order valence-corrected chi connectivity index (χ4v) is 3.10. The Morgan fingerprint density at radius 1 is 1.14 bits per heavy atom. The molecule has 1 N–H and O–H groups in total. The molecule has 5 nitrogen and oxygen atoms in total. The topological polar surface area (TPSA) is 68.0 Å². The first-order valence-corrected chi connectivity index (χ1v) is 8.99. The quantitative estimate of drug-likeness (QED) is 0.535. The van der Waals surface area contributed by atoms with Crippen molar-refractivity contribution in [1.82, 2.24) is 10.1 Å². The van der Waals surface area contributed by atoms with E-state index in [1.54, 1.807) is 31.2 Å². The van der Waals surface area contributed by atoms with Gasteiger partial charge in [0.05, 0.1) is 22.3 Å². The minimum Gasteiger partial charge on any atom is -0.335 e. The average Bonchev–Trinajstić information content (AvgIpc) is 3.09. The fourth-order valence-electron chi connectivity index (χ4n) is 3.10. The number of fused-ring (bicyclic) bond motifs is 1. The van der Waals surface area contributed by atoms with E-state index in [0.29, 0.717) is 33.6 Å². The molecule has 0 aliphatic rings. The van der Waals surface area contributed by atoms with Gasteiger partial charge in [-0.3, -0.25) is 4.79 Å². The summed E-state index contributed by atoms with van der Waals surface area (Å²) in [5.74, 6) is -0.757. The van der Waals surface area contributed by atoms with Crippen molar-refractivity contribution >= 4 is 22.7 Å². The molecule has 28 heavy (non-hydrogen) atoms. The molecule has 0 unspecified atom stereocenters. The van der Waals surface area contributed by atoms with Gasteiger partial charge < -0.3 is 9.84 Å². The molecule has 0 spiro atoms. The van der Waals surface area contributed by atoms with E-state index in [-0.39, 0.29) is 11.6 Å². The maximum absolute atomic E-state index is 14.2. The van der Waals surface area contributed by atoms with Gasteiger partial charge in [-0.1, -0.05) is 36.3 Å². The van der Waals surface area contributed by atoms with E-state index in [0.717, 1.165) is 6.42 Å². The molecular formula is C22H18FN3O2. The summed E-state index contributed by atoms with van der Waals surface area (Å²) in [6, 6.07) is 15.5. The number of hydrogen-bond acceptors (Lipinski definition) is 4. The van der Waals surface area contributed by atoms with Crippen LogP contribution in [0.3, 0.4) is 0 Å². The van der Waals surface area contributed by atoms with Gasteiger partial charge in [0.1, 0.15) is 5.82 Å². The summed E-state index contributed by atoms with van der Waals surface area (Å²) < 4.78 is 19.5. The van der Waals surface area contributed by atoms with Crippen LogP contribution in [0.2, 0.25) is 0 Å². The molecule has 2 heterocycles. The summed E-state index contributed by atoms with van der Waals surface area (Å²) in [6.45, 7) is 3.81. The third-order valence-electron chi connectivity index (χ3n) is 4.63. The van der Waals surface area contributed by atoms with Gasteiger partial charge in [-0.2, -0.15) is 0 Å². The molecule has 2 aromatic heterocycles. The Balaban J connectivity index is 1.79. The predicted molar refractivity (Wildman–Crippen MR) is 106 cm³/mol. The minimum absolute atomic E-state index is 0.199. The molecule has 0 bridgehead atoms. The lowest BCUT2D eigenvalue weighted by molar-refractivity contribution is 0.102. The third-order valence-corrected chi connectivity index (χ3v) is 4.63. The van der Waals surface area contributed by atoms with E-state index < -0.39 is 5.82 Å². The fraction of sp³-hybridized carbons (Fsp3) is 0.136. The molecule has 0 saturated carbocycles. The zero-order valence-corrected chi connectivity index (χ0v) is 15.5. The van der Waals surface area contributed by atoms with Gasteiger partial charge in [-0.15, -0.1) is 0 Å². The normalized spacial score (nSPS) is 11.0. The van der Waals surface area contributed by atoms with Crippen molar-refractivity contribution in [3.63, 3.8) is 0 Å². The van der Waals surface area contributed by atoms with Gasteiger partial charge >= 0.3 is 0 Å². The zero-order valence-electron chi connectivity index (χ0n) is 15.5. The van der Waals surface area contributed by atoms with Crippen molar-refractivity contribution < 1.29 is 13.7 Å². The van der Waals surface area contributed by atoms with Crippen LogP contribution in [-0.4, -0.2) is 16.0 Å². The SMILES string of the molecule is CCc1ccc(NC(=O)c2cc(-c3ccccc3F)nc3onc(C)c23)cc1. The van der Waals surface area contributed by atoms with Crippen LogP contribution in [0.5, 0.6) is 0 Å². The number of carbonyl (C=O) groups is 1. The van der Waals surface area contributed by atoms with Gasteiger partial charge in [-0.05, 0) is 49.2 Å². The second-order valence-electron chi connectivity index (χ2n) is 6.49. The lowest BCUT2D eigenvalue weighted by Gasteiger charge is -2.09. The van der Waals surface area contributed by atoms with Crippen LogP contribution in [-0.2, 0) is 6.42 Å². The van der Waals surface area contributed by atoms with Crippen molar-refractivity contribution in [2.75, 3.05) is 5.32 Å². The molecule has 1 amide bonds. The first-order chi connectivity index (χ1) is 13.6. The molecular weight excluding hydrogens is 357 g/mol. The molecule has 6 heteroatoms. The molecule has 0 atom stereocenters. The Kier molecular flexibility index (Phi) is 4.61. The second kappa shape index (κ2) is 7.23. The van der Waals surface area contributed by atoms with Crippen molar-refractivity contribution in [2.24, 2.45) is 0 Å². The Bertz CT molecular complexity index is 1170. The van der Waals surface area contributed by atoms with Gasteiger partial charge in [0.15, 0.2) is 0 Å². The molecule has 2 aromatic carbocycles. The summed E-state index contributed by atoms with van der Waals surface area (Å²) in [6.07, 6.45) is 0.922. The molecule has 4 rings (SSSR count). The molecule has 0 aliphatic carbocycles. The van der Waals surface area contributed by atoms with Crippen LogP contribution >= 0.6 is 0 Å². The summed E-state index contributed by atoms with van der Waals surface area (Å²) in [4.78, 5) is 17.3. The molecule has 4 aromatic rings. The van der Waals surface area contributed by atoms with Crippen LogP contribution in [0, 0.1) is 12.7 Å². The number of nitrogens with one attached hydrogen (secondary N) is 1. The average molecular weight is 375 g/mol. The van der Waals surface area contributed by atoms with Gasteiger partial charge in [-0.25, -0.2) is 9.37 Å². The van der Waals surface area contributed by atoms with Crippen molar-refractivity contribution in [3.05, 3.63) is 77.2 Å². The van der Waals surface area contributed by atoms with Crippen LogP contribution in [0.25, 0.3) is 22.4 Å². The summed E-state index contributed by atoms with van der Waals surface area (Å²) in [5.41, 5.74) is 3.54. The van der Waals surface area contributed by atoms with Crippen LogP contribution in [0.4, 0.5) is 10.1 Å². The number of carbonyl (C=O) groups excluding carboxylic acids is 1. The highest BCUT2D eigenvalue weighted by Gasteiger charge is 2.20. The maximum Gasteiger partial charge on any atom is 0.259 e. The summed E-state index contributed by atoms with van der Waals surface area (Å²) in [7, 11) is 0. The summed E-state index contributed by atoms with van der Waals surface area (Å²) >= 11 is 0. The Hall–Kier alpha value is -3.54. The highest BCUT2D eigenvalue weighted by Crippen LogP contribution is 2.29. The largest absolute Gasteiger partial charge is 0.335 e. The number of hydrogen-bond donors (Lipinski definition) is 1. The van der Waals surface area contributed by atoms with E-state index in [1.807, 2.05) is 24.3 Å². The van der Waals surface area contributed by atoms with E-state index in [4.69, 9.17) is 4.52 Å². The van der Waals surface area contributed by atoms with Crippen molar-refractivity contribution in [2.45, 2.75) is 20.3 Å². The number of amides is 1. The Labute approximate surface area is 161 Å². The van der Waals surface area contributed by atoms with E-state index in [1.165, 1.54) is 11.6 Å². The van der Waals surface area contributed by atoms with E-state index in [9.17, 15) is 9.18 Å². The van der Waals surface area contributed by atoms with Crippen molar-refractivity contribution in [3.8, 4) is 11.3 Å². The highest BCUT2D eigenvalue weighted by atomic mass is 19.1. The molecule has 0 saturated heterocycles. The maximum atomic E-state index is 14.2. The lowest BCUT2D eigenvalue weighted by Crippen LogP contribution is -2.13. The van der Waals surface area contributed by atoms with Crippen molar-refractivity contribution in [1.29, 1.82) is 0 Å². The predicted octanol–water partition coefficient (Wildman–Crippen LogP) is 5.15.